The molecule has 0 atom stereocenters. The average Bonchev–Trinajstić information content (AvgIpc) is 4.28. The highest BCUT2D eigenvalue weighted by Gasteiger charge is 2.25. The molecule has 0 radical (unpaired) electrons. The van der Waals surface area contributed by atoms with E-state index < -0.39 is 55.7 Å². The Morgan fingerprint density at radius 2 is 1.14 bits per heavy atom. The molecule has 420 valence electrons. The molecule has 0 saturated heterocycles. The molecule has 22 nitrogen and oxygen atoms in total. The first-order valence-corrected chi connectivity index (χ1v) is 28.9. The van der Waals surface area contributed by atoms with Gasteiger partial charge in [0.2, 0.25) is 27.2 Å². The van der Waals surface area contributed by atoms with Gasteiger partial charge in [-0.15, -0.1) is 20.5 Å². The summed E-state index contributed by atoms with van der Waals surface area (Å²) >= 11 is 3.04. The van der Waals surface area contributed by atoms with Crippen LogP contribution in [0, 0.1) is 11.6 Å². The SMILES string of the molecule is CCSc1nc(Nc2cc(N(CC)CC)ccc2N=Nc2ncc(C=C(C(C)=O)C(=O)Nc3cccc(F)c3)s2)nc(Nc2cc(N(CC)CC)ccc2N=Nc2nc(S(=O)(=O)O)c(C=C(C(C)=O)C(=O)Nc3cccc(F)c3)s2)n1. The van der Waals surface area contributed by atoms with Gasteiger partial charge in [0.15, 0.2) is 16.7 Å². The molecule has 28 heteroatoms. The predicted octanol–water partition coefficient (Wildman–Crippen LogP) is 12.7. The summed E-state index contributed by atoms with van der Waals surface area (Å²) < 4.78 is 63.1. The number of anilines is 8. The highest BCUT2D eigenvalue weighted by Crippen LogP contribution is 2.38. The van der Waals surface area contributed by atoms with Crippen LogP contribution in [0.1, 0.15) is 58.2 Å². The molecule has 0 aliphatic carbocycles. The van der Waals surface area contributed by atoms with Gasteiger partial charge in [0.1, 0.15) is 23.0 Å². The summed E-state index contributed by atoms with van der Waals surface area (Å²) in [5, 5.41) is 28.5. The third-order valence-electron chi connectivity index (χ3n) is 11.4. The molecule has 3 aromatic heterocycles. The summed E-state index contributed by atoms with van der Waals surface area (Å²) in [5.41, 5.74) is 2.56. The maximum Gasteiger partial charge on any atom is 0.313 e. The normalized spacial score (nSPS) is 12.0. The van der Waals surface area contributed by atoms with E-state index in [0.29, 0.717) is 70.4 Å². The quantitative estimate of drug-likeness (QED) is 0.00887. The topological polar surface area (TPSA) is 291 Å². The molecule has 3 heterocycles. The molecule has 0 unspecified atom stereocenters. The highest BCUT2D eigenvalue weighted by atomic mass is 32.2. The molecule has 2 amide bonds. The van der Waals surface area contributed by atoms with E-state index >= 15 is 0 Å². The van der Waals surface area contributed by atoms with E-state index in [9.17, 15) is 40.9 Å². The van der Waals surface area contributed by atoms with E-state index in [1.54, 1.807) is 18.2 Å². The number of ketones is 2. The van der Waals surface area contributed by atoms with Crippen molar-refractivity contribution in [1.82, 2.24) is 24.9 Å². The van der Waals surface area contributed by atoms with Crippen LogP contribution >= 0.6 is 34.4 Å². The molecule has 0 aliphatic heterocycles. The Hall–Kier alpha value is -8.57. The minimum atomic E-state index is -5.04. The number of aromatic nitrogens is 5. The summed E-state index contributed by atoms with van der Waals surface area (Å²) in [6.07, 6.45) is 3.76. The third-order valence-corrected chi connectivity index (χ3v) is 14.8. The Kier molecular flexibility index (Phi) is 20.4. The van der Waals surface area contributed by atoms with Gasteiger partial charge in [0, 0.05) is 55.1 Å². The fourth-order valence-corrected chi connectivity index (χ4v) is 10.5. The number of nitrogens with one attached hydrogen (secondary N) is 4. The van der Waals surface area contributed by atoms with Crippen LogP contribution < -0.4 is 31.1 Å². The number of nitrogens with zero attached hydrogens (tertiary/aromatic N) is 11. The zero-order valence-electron chi connectivity index (χ0n) is 44.6. The Morgan fingerprint density at radius 1 is 0.642 bits per heavy atom. The van der Waals surface area contributed by atoms with E-state index in [1.165, 1.54) is 61.3 Å². The van der Waals surface area contributed by atoms with Gasteiger partial charge in [0.05, 0.1) is 32.3 Å². The van der Waals surface area contributed by atoms with Crippen molar-refractivity contribution in [2.24, 2.45) is 20.5 Å². The van der Waals surface area contributed by atoms with Crippen molar-refractivity contribution in [2.45, 2.75) is 58.6 Å². The highest BCUT2D eigenvalue weighted by molar-refractivity contribution is 7.99. The van der Waals surface area contributed by atoms with Crippen molar-refractivity contribution >= 4 is 148 Å². The maximum absolute atomic E-state index is 13.9. The molecule has 0 saturated carbocycles. The van der Waals surface area contributed by atoms with Crippen molar-refractivity contribution in [3.05, 3.63) is 124 Å². The Bertz CT molecular complexity index is 3730. The molecule has 7 aromatic rings. The number of carbonyl (C=O) groups is 4. The van der Waals surface area contributed by atoms with Crippen molar-refractivity contribution in [3.63, 3.8) is 0 Å². The first kappa shape index (κ1) is 60.1. The number of azo groups is 2. The van der Waals surface area contributed by atoms with Crippen molar-refractivity contribution in [2.75, 3.05) is 63.0 Å². The largest absolute Gasteiger partial charge is 0.372 e. The van der Waals surface area contributed by atoms with Crippen LogP contribution in [0.2, 0.25) is 0 Å². The molecule has 4 aromatic carbocycles. The van der Waals surface area contributed by atoms with Crippen molar-refractivity contribution < 1.29 is 40.9 Å². The van der Waals surface area contributed by atoms with E-state index in [-0.39, 0.29) is 49.7 Å². The van der Waals surface area contributed by atoms with Gasteiger partial charge in [-0.3, -0.25) is 23.7 Å². The first-order chi connectivity index (χ1) is 38.8. The Labute approximate surface area is 476 Å². The predicted molar refractivity (Wildman–Crippen MR) is 313 cm³/mol. The number of carbonyl (C=O) groups excluding carboxylic acids is 4. The lowest BCUT2D eigenvalue weighted by Crippen LogP contribution is -2.21. The van der Waals surface area contributed by atoms with Gasteiger partial charge in [-0.2, -0.15) is 23.4 Å². The molecular weight excluding hydrogens is 1120 g/mol. The Morgan fingerprint density at radius 3 is 1.59 bits per heavy atom. The molecule has 7 rings (SSSR count). The molecular formula is C53H53F2N15O7S4. The molecule has 0 aliphatic rings. The zero-order chi connectivity index (χ0) is 58.4. The first-order valence-electron chi connectivity index (χ1n) is 24.8. The minimum absolute atomic E-state index is 0.0355. The van der Waals surface area contributed by atoms with Crippen LogP contribution in [-0.2, 0) is 29.3 Å². The molecule has 81 heavy (non-hydrogen) atoms. The summed E-state index contributed by atoms with van der Waals surface area (Å²) in [6, 6.07) is 21.0. The van der Waals surface area contributed by atoms with Crippen LogP contribution in [-0.4, -0.2) is 93.2 Å². The second-order valence-corrected chi connectivity index (χ2v) is 21.6. The van der Waals surface area contributed by atoms with Crippen LogP contribution in [0.4, 0.5) is 76.4 Å². The average molecular weight is 1180 g/mol. The van der Waals surface area contributed by atoms with Crippen molar-refractivity contribution in [3.8, 4) is 0 Å². The monoisotopic (exact) mass is 1180 g/mol. The van der Waals surface area contributed by atoms with E-state index in [1.807, 2.05) is 52.8 Å². The number of benzene rings is 4. The number of rotatable bonds is 25. The lowest BCUT2D eigenvalue weighted by molar-refractivity contribution is -0.120. The zero-order valence-corrected chi connectivity index (χ0v) is 47.8. The number of halogens is 2. The van der Waals surface area contributed by atoms with Crippen LogP contribution in [0.25, 0.3) is 12.2 Å². The van der Waals surface area contributed by atoms with Gasteiger partial charge in [-0.05, 0) is 132 Å². The molecule has 5 N–H and O–H groups in total. The van der Waals surface area contributed by atoms with Gasteiger partial charge in [-0.25, -0.2) is 18.7 Å². The van der Waals surface area contributed by atoms with Crippen LogP contribution in [0.5, 0.6) is 0 Å². The number of thiazole rings is 2. The lowest BCUT2D eigenvalue weighted by atomic mass is 10.1. The number of hydrogen-bond acceptors (Lipinski definition) is 22. The molecule has 0 spiro atoms. The van der Waals surface area contributed by atoms with Crippen molar-refractivity contribution in [1.29, 1.82) is 0 Å². The summed E-state index contributed by atoms with van der Waals surface area (Å²) in [7, 11) is -5.04. The van der Waals surface area contributed by atoms with Gasteiger partial charge in [-0.1, -0.05) is 53.5 Å². The third kappa shape index (κ3) is 16.3. The standard InChI is InChI=1S/C53H53F2N15O7S4/c1-8-69(9-2)36-19-21-41(65-67-51-56-29-38(79-51)27-39(30(6)71)46(73)57-34-17-13-15-32(54)23-34)43(25-36)59-49-62-50(64-52(63-49)78-12-5)60-44-26-37(70(10-3)11-4)20-22-42(44)66-68-53-61-48(81(75,76)77)45(80-53)28-40(31(7)72)47(74)58-35-18-14-16-33(55)24-35/h13-29H,8-12H2,1-7H3,(H,57,73)(H,58,74)(H,75,76,77)(H2,59,60,62,63,64). The number of amides is 2. The molecule has 0 bridgehead atoms. The smallest absolute Gasteiger partial charge is 0.313 e. The van der Waals surface area contributed by atoms with Crippen LogP contribution in [0.15, 0.2) is 133 Å². The van der Waals surface area contributed by atoms with Gasteiger partial charge < -0.3 is 31.1 Å². The fraction of sp³-hybridized carbons (Fsp3) is 0.226. The van der Waals surface area contributed by atoms with E-state index in [4.69, 9.17) is 15.0 Å². The maximum atomic E-state index is 13.9. The Balaban J connectivity index is 1.22. The van der Waals surface area contributed by atoms with Gasteiger partial charge >= 0.3 is 10.1 Å². The summed E-state index contributed by atoms with van der Waals surface area (Å²) in [6.45, 7) is 15.0. The number of Topliss-reactive ketones (excluding diaryl/α,β-unsaturated/α-hetero) is 2. The van der Waals surface area contributed by atoms with Gasteiger partial charge in [0.25, 0.3) is 11.8 Å². The number of thioether (sulfide) groups is 1. The molecule has 0 fully saturated rings. The fourth-order valence-electron chi connectivity index (χ4n) is 7.56. The minimum Gasteiger partial charge on any atom is -0.372 e. The second kappa shape index (κ2) is 27.5. The summed E-state index contributed by atoms with van der Waals surface area (Å²) in [5.74, 6) is -3.39. The van der Waals surface area contributed by atoms with Crippen LogP contribution in [0.3, 0.4) is 0 Å². The second-order valence-electron chi connectivity index (χ2n) is 16.9. The number of hydrogen-bond donors (Lipinski definition) is 5. The van der Waals surface area contributed by atoms with E-state index in [2.05, 4.69) is 61.5 Å². The lowest BCUT2D eigenvalue weighted by Gasteiger charge is -2.22. The summed E-state index contributed by atoms with van der Waals surface area (Å²) in [4.78, 5) is 78.4. The van der Waals surface area contributed by atoms with E-state index in [0.717, 1.165) is 53.9 Å².